The zero-order valence-corrected chi connectivity index (χ0v) is 8.30. The second-order valence-corrected chi connectivity index (χ2v) is 4.11. The van der Waals surface area contributed by atoms with Gasteiger partial charge in [0.15, 0.2) is 0 Å². The molecule has 0 radical (unpaired) electrons. The molecule has 0 aromatic carbocycles. The molecular weight excluding hydrogens is 186 g/mol. The van der Waals surface area contributed by atoms with Crippen molar-refractivity contribution in [2.75, 3.05) is 0 Å². The zero-order chi connectivity index (χ0) is 9.84. The van der Waals surface area contributed by atoms with Gasteiger partial charge < -0.3 is 10.8 Å². The van der Waals surface area contributed by atoms with Crippen LogP contribution in [-0.2, 0) is 6.42 Å². The highest BCUT2D eigenvalue weighted by molar-refractivity contribution is 7.13. The summed E-state index contributed by atoms with van der Waals surface area (Å²) in [6.07, 6.45) is 1.69. The molecule has 4 heteroatoms. The van der Waals surface area contributed by atoms with E-state index in [-0.39, 0.29) is 6.04 Å². The van der Waals surface area contributed by atoms with E-state index in [2.05, 4.69) is 0 Å². The average Bonchev–Trinajstić information content (AvgIpc) is 2.52. The van der Waals surface area contributed by atoms with Gasteiger partial charge >= 0.3 is 5.97 Å². The quantitative estimate of drug-likeness (QED) is 0.776. The molecule has 3 N–H and O–H groups in total. The summed E-state index contributed by atoms with van der Waals surface area (Å²) in [6.45, 7) is 2.02. The number of nitrogens with two attached hydrogens (primary N) is 1. The fourth-order valence-electron chi connectivity index (χ4n) is 1.01. The summed E-state index contributed by atoms with van der Waals surface area (Å²) >= 11 is 1.31. The molecule has 3 nitrogen and oxygen atoms in total. The van der Waals surface area contributed by atoms with Crippen LogP contribution in [0.5, 0.6) is 0 Å². The van der Waals surface area contributed by atoms with Crippen LogP contribution in [0.3, 0.4) is 0 Å². The third-order valence-corrected chi connectivity index (χ3v) is 2.96. The van der Waals surface area contributed by atoms with Crippen molar-refractivity contribution in [3.05, 3.63) is 21.9 Å². The highest BCUT2D eigenvalue weighted by atomic mass is 32.1. The maximum absolute atomic E-state index is 10.5. The van der Waals surface area contributed by atoms with Gasteiger partial charge in [0.25, 0.3) is 0 Å². The number of aromatic carboxylic acids is 1. The fraction of sp³-hybridized carbons (Fsp3) is 0.444. The first-order valence-electron chi connectivity index (χ1n) is 4.21. The minimum Gasteiger partial charge on any atom is -0.477 e. The Balaban J connectivity index is 2.64. The lowest BCUT2D eigenvalue weighted by Gasteiger charge is -2.04. The van der Waals surface area contributed by atoms with Gasteiger partial charge in [-0.15, -0.1) is 11.3 Å². The number of hydrogen-bond acceptors (Lipinski definition) is 3. The van der Waals surface area contributed by atoms with E-state index in [4.69, 9.17) is 10.8 Å². The third kappa shape index (κ3) is 2.82. The lowest BCUT2D eigenvalue weighted by molar-refractivity contribution is 0.0702. The predicted octanol–water partition coefficient (Wildman–Crippen LogP) is 1.73. The van der Waals surface area contributed by atoms with E-state index < -0.39 is 5.97 Å². The molecule has 13 heavy (non-hydrogen) atoms. The number of thiophene rings is 1. The van der Waals surface area contributed by atoms with Gasteiger partial charge in [0.05, 0.1) is 0 Å². The SMILES string of the molecule is CCC(N)Cc1ccc(C(=O)O)s1. The van der Waals surface area contributed by atoms with E-state index in [1.165, 1.54) is 11.3 Å². The van der Waals surface area contributed by atoms with Crippen molar-refractivity contribution < 1.29 is 9.90 Å². The van der Waals surface area contributed by atoms with E-state index >= 15 is 0 Å². The first-order valence-corrected chi connectivity index (χ1v) is 5.02. The standard InChI is InChI=1S/C9H13NO2S/c1-2-6(10)5-7-3-4-8(13-7)9(11)12/h3-4,6H,2,5,10H2,1H3,(H,11,12). The van der Waals surface area contributed by atoms with Crippen molar-refractivity contribution in [2.45, 2.75) is 25.8 Å². The van der Waals surface area contributed by atoms with Gasteiger partial charge in [-0.1, -0.05) is 6.92 Å². The van der Waals surface area contributed by atoms with Crippen molar-refractivity contribution in [3.63, 3.8) is 0 Å². The summed E-state index contributed by atoms with van der Waals surface area (Å²) in [6, 6.07) is 3.61. The Kier molecular flexibility index (Phi) is 3.45. The largest absolute Gasteiger partial charge is 0.477 e. The van der Waals surface area contributed by atoms with Crippen LogP contribution in [0, 0.1) is 0 Å². The predicted molar refractivity (Wildman–Crippen MR) is 53.2 cm³/mol. The first kappa shape index (κ1) is 10.2. The minimum atomic E-state index is -0.860. The van der Waals surface area contributed by atoms with Crippen LogP contribution in [0.2, 0.25) is 0 Å². The second-order valence-electron chi connectivity index (χ2n) is 2.94. The summed E-state index contributed by atoms with van der Waals surface area (Å²) in [5.74, 6) is -0.860. The Morgan fingerprint density at radius 2 is 2.38 bits per heavy atom. The summed E-state index contributed by atoms with van der Waals surface area (Å²) < 4.78 is 0. The van der Waals surface area contributed by atoms with Crippen LogP contribution in [-0.4, -0.2) is 17.1 Å². The molecular formula is C9H13NO2S. The molecule has 0 aliphatic heterocycles. The first-order chi connectivity index (χ1) is 6.13. The van der Waals surface area contributed by atoms with Crippen molar-refractivity contribution in [1.82, 2.24) is 0 Å². The fourth-order valence-corrected chi connectivity index (χ4v) is 1.94. The molecule has 0 aliphatic rings. The Hall–Kier alpha value is -0.870. The number of hydrogen-bond donors (Lipinski definition) is 2. The maximum atomic E-state index is 10.5. The van der Waals surface area contributed by atoms with Crippen LogP contribution >= 0.6 is 11.3 Å². The van der Waals surface area contributed by atoms with Crippen molar-refractivity contribution in [1.29, 1.82) is 0 Å². The number of carboxylic acids is 1. The van der Waals surface area contributed by atoms with Gasteiger partial charge in [0, 0.05) is 10.9 Å². The second kappa shape index (κ2) is 4.39. The van der Waals surface area contributed by atoms with Crippen molar-refractivity contribution in [2.24, 2.45) is 5.73 Å². The van der Waals surface area contributed by atoms with Crippen molar-refractivity contribution >= 4 is 17.3 Å². The number of carboxylic acid groups (broad SMARTS) is 1. The minimum absolute atomic E-state index is 0.139. The molecule has 0 aliphatic carbocycles. The van der Waals surface area contributed by atoms with Crippen LogP contribution in [0.25, 0.3) is 0 Å². The van der Waals surface area contributed by atoms with E-state index in [1.807, 2.05) is 13.0 Å². The average molecular weight is 199 g/mol. The Morgan fingerprint density at radius 3 is 2.85 bits per heavy atom. The van der Waals surface area contributed by atoms with E-state index in [1.54, 1.807) is 6.07 Å². The molecule has 1 atom stereocenters. The molecule has 1 aromatic heterocycles. The van der Waals surface area contributed by atoms with E-state index in [0.29, 0.717) is 4.88 Å². The third-order valence-electron chi connectivity index (χ3n) is 1.86. The Labute approximate surface area is 81.2 Å². The molecule has 0 fully saturated rings. The number of rotatable bonds is 4. The van der Waals surface area contributed by atoms with Crippen LogP contribution < -0.4 is 5.73 Å². The monoisotopic (exact) mass is 199 g/mol. The number of carbonyl (C=O) groups is 1. The summed E-state index contributed by atoms with van der Waals surface area (Å²) in [5.41, 5.74) is 5.75. The van der Waals surface area contributed by atoms with Crippen LogP contribution in [0.4, 0.5) is 0 Å². The molecule has 1 aromatic rings. The van der Waals surface area contributed by atoms with E-state index in [0.717, 1.165) is 17.7 Å². The van der Waals surface area contributed by atoms with Gasteiger partial charge in [-0.2, -0.15) is 0 Å². The van der Waals surface area contributed by atoms with Crippen LogP contribution in [0.15, 0.2) is 12.1 Å². The molecule has 0 amide bonds. The molecule has 0 saturated carbocycles. The molecule has 1 unspecified atom stereocenters. The van der Waals surface area contributed by atoms with Crippen molar-refractivity contribution in [3.8, 4) is 0 Å². The molecule has 0 saturated heterocycles. The summed E-state index contributed by atoms with van der Waals surface area (Å²) in [4.78, 5) is 12.0. The normalized spacial score (nSPS) is 12.8. The van der Waals surface area contributed by atoms with Gasteiger partial charge in [-0.25, -0.2) is 4.79 Å². The molecule has 0 spiro atoms. The molecule has 1 rings (SSSR count). The van der Waals surface area contributed by atoms with Gasteiger partial charge in [-0.05, 0) is 25.0 Å². The molecule has 0 bridgehead atoms. The zero-order valence-electron chi connectivity index (χ0n) is 7.49. The lowest BCUT2D eigenvalue weighted by Crippen LogP contribution is -2.20. The lowest BCUT2D eigenvalue weighted by atomic mass is 10.1. The highest BCUT2D eigenvalue weighted by Crippen LogP contribution is 2.18. The smallest absolute Gasteiger partial charge is 0.345 e. The Bertz CT molecular complexity index is 296. The summed E-state index contributed by atoms with van der Waals surface area (Å²) in [7, 11) is 0. The summed E-state index contributed by atoms with van der Waals surface area (Å²) in [5, 5.41) is 8.67. The maximum Gasteiger partial charge on any atom is 0.345 e. The van der Waals surface area contributed by atoms with Gasteiger partial charge in [0.2, 0.25) is 0 Å². The van der Waals surface area contributed by atoms with Gasteiger partial charge in [-0.3, -0.25) is 0 Å². The van der Waals surface area contributed by atoms with Crippen LogP contribution in [0.1, 0.15) is 27.9 Å². The Morgan fingerprint density at radius 1 is 1.69 bits per heavy atom. The molecule has 72 valence electrons. The topological polar surface area (TPSA) is 63.3 Å². The van der Waals surface area contributed by atoms with E-state index in [9.17, 15) is 4.79 Å². The van der Waals surface area contributed by atoms with Gasteiger partial charge in [0.1, 0.15) is 4.88 Å². The molecule has 1 heterocycles. The highest BCUT2D eigenvalue weighted by Gasteiger charge is 2.08.